The predicted molar refractivity (Wildman–Crippen MR) is 128 cm³/mol. The van der Waals surface area contributed by atoms with Crippen molar-refractivity contribution in [3.05, 3.63) is 94.7 Å². The van der Waals surface area contributed by atoms with Crippen molar-refractivity contribution in [3.8, 4) is 11.4 Å². The summed E-state index contributed by atoms with van der Waals surface area (Å²) in [5.74, 6) is 0.0397. The molecule has 1 aliphatic rings. The van der Waals surface area contributed by atoms with E-state index in [-0.39, 0.29) is 23.0 Å². The summed E-state index contributed by atoms with van der Waals surface area (Å²) in [6.07, 6.45) is 0. The molecule has 34 heavy (non-hydrogen) atoms. The summed E-state index contributed by atoms with van der Waals surface area (Å²) in [5, 5.41) is 5.41. The molecule has 0 unspecified atom stereocenters. The molecule has 172 valence electrons. The number of methoxy groups -OCH3 is 1. The summed E-state index contributed by atoms with van der Waals surface area (Å²) >= 11 is 0. The fourth-order valence-corrected chi connectivity index (χ4v) is 4.27. The van der Waals surface area contributed by atoms with Crippen LogP contribution in [-0.2, 0) is 0 Å². The highest BCUT2D eigenvalue weighted by molar-refractivity contribution is 6.05. The van der Waals surface area contributed by atoms with Crippen LogP contribution in [0.5, 0.6) is 5.75 Å². The molecule has 0 aliphatic carbocycles. The van der Waals surface area contributed by atoms with Crippen molar-refractivity contribution in [2.24, 2.45) is 0 Å². The zero-order valence-corrected chi connectivity index (χ0v) is 18.6. The molecule has 7 nitrogen and oxygen atoms in total. The Hall–Kier alpha value is -4.20. The number of nitrogens with zero attached hydrogens (tertiary/aromatic N) is 4. The molecule has 2 heterocycles. The van der Waals surface area contributed by atoms with E-state index in [0.29, 0.717) is 54.1 Å². The van der Waals surface area contributed by atoms with E-state index in [1.54, 1.807) is 78.7 Å². The second-order valence-electron chi connectivity index (χ2n) is 8.04. The molecule has 1 amide bonds. The molecule has 0 radical (unpaired) electrons. The van der Waals surface area contributed by atoms with Gasteiger partial charge in [-0.25, -0.2) is 4.39 Å². The molecule has 0 saturated carbocycles. The number of anilines is 1. The van der Waals surface area contributed by atoms with Gasteiger partial charge in [0.25, 0.3) is 11.5 Å². The van der Waals surface area contributed by atoms with Crippen LogP contribution in [0.25, 0.3) is 16.5 Å². The van der Waals surface area contributed by atoms with E-state index >= 15 is 0 Å². The zero-order chi connectivity index (χ0) is 23.7. The van der Waals surface area contributed by atoms with E-state index in [1.807, 2.05) is 4.90 Å². The first-order valence-electron chi connectivity index (χ1n) is 11.0. The van der Waals surface area contributed by atoms with Gasteiger partial charge in [0.2, 0.25) is 0 Å². The molecule has 0 N–H and O–H groups in total. The summed E-state index contributed by atoms with van der Waals surface area (Å²) in [4.78, 5) is 30.4. The number of hydrogen-bond acceptors (Lipinski definition) is 5. The van der Waals surface area contributed by atoms with Gasteiger partial charge < -0.3 is 14.5 Å². The lowest BCUT2D eigenvalue weighted by atomic mass is 10.1. The molecule has 1 aliphatic heterocycles. The van der Waals surface area contributed by atoms with Gasteiger partial charge in [0.15, 0.2) is 5.69 Å². The Balaban J connectivity index is 1.50. The molecular formula is C26H23FN4O3. The first-order valence-corrected chi connectivity index (χ1v) is 11.0. The number of carbonyl (C=O) groups excluding carboxylic acids is 1. The van der Waals surface area contributed by atoms with Crippen molar-refractivity contribution in [2.75, 3.05) is 38.2 Å². The number of hydrogen-bond donors (Lipinski definition) is 0. The summed E-state index contributed by atoms with van der Waals surface area (Å²) < 4.78 is 20.7. The Morgan fingerprint density at radius 2 is 1.62 bits per heavy atom. The number of benzene rings is 3. The molecule has 0 bridgehead atoms. The van der Waals surface area contributed by atoms with E-state index in [2.05, 4.69) is 5.10 Å². The Morgan fingerprint density at radius 1 is 0.912 bits per heavy atom. The smallest absolute Gasteiger partial charge is 0.279 e. The molecule has 0 spiro atoms. The number of amides is 1. The van der Waals surface area contributed by atoms with Crippen LogP contribution >= 0.6 is 0 Å². The summed E-state index contributed by atoms with van der Waals surface area (Å²) in [6, 6.07) is 20.6. The van der Waals surface area contributed by atoms with Gasteiger partial charge >= 0.3 is 0 Å². The number of fused-ring (bicyclic) bond motifs is 1. The van der Waals surface area contributed by atoms with Gasteiger partial charge in [-0.1, -0.05) is 36.4 Å². The summed E-state index contributed by atoms with van der Waals surface area (Å²) in [7, 11) is 1.55. The Labute approximate surface area is 195 Å². The molecule has 0 atom stereocenters. The topological polar surface area (TPSA) is 67.7 Å². The van der Waals surface area contributed by atoms with Crippen LogP contribution in [0.4, 0.5) is 10.1 Å². The number of ether oxygens (including phenoxy) is 1. The summed E-state index contributed by atoms with van der Waals surface area (Å²) in [6.45, 7) is 1.84. The molecular weight excluding hydrogens is 435 g/mol. The van der Waals surface area contributed by atoms with E-state index in [9.17, 15) is 14.0 Å². The van der Waals surface area contributed by atoms with Crippen LogP contribution in [0.2, 0.25) is 0 Å². The Morgan fingerprint density at radius 3 is 2.35 bits per heavy atom. The van der Waals surface area contributed by atoms with Crippen LogP contribution in [0, 0.1) is 5.82 Å². The number of halogens is 1. The van der Waals surface area contributed by atoms with E-state index in [1.165, 1.54) is 10.7 Å². The minimum atomic E-state index is -0.315. The average Bonchev–Trinajstić information content (AvgIpc) is 2.89. The quantitative estimate of drug-likeness (QED) is 0.468. The van der Waals surface area contributed by atoms with E-state index in [0.717, 1.165) is 0 Å². The monoisotopic (exact) mass is 458 g/mol. The van der Waals surface area contributed by atoms with Crippen molar-refractivity contribution in [3.63, 3.8) is 0 Å². The lowest BCUT2D eigenvalue weighted by molar-refractivity contribution is 0.0741. The maximum atomic E-state index is 14.2. The SMILES string of the molecule is COc1cccc(-n2nc(C(=O)N3CCN(c4ccccc4F)CC3)c3ccccc3c2=O)c1. The fraction of sp³-hybridized carbons (Fsp3) is 0.192. The van der Waals surface area contributed by atoms with Crippen molar-refractivity contribution >= 4 is 22.4 Å². The molecule has 4 aromatic rings. The number of carbonyl (C=O) groups is 1. The second kappa shape index (κ2) is 8.97. The van der Waals surface area contributed by atoms with Gasteiger partial charge in [-0.15, -0.1) is 0 Å². The molecule has 1 fully saturated rings. The van der Waals surface area contributed by atoms with E-state index < -0.39 is 0 Å². The number of para-hydroxylation sites is 1. The maximum Gasteiger partial charge on any atom is 0.279 e. The van der Waals surface area contributed by atoms with Gasteiger partial charge in [0, 0.05) is 37.6 Å². The molecule has 1 saturated heterocycles. The lowest BCUT2D eigenvalue weighted by Crippen LogP contribution is -2.49. The van der Waals surface area contributed by atoms with Crippen molar-refractivity contribution in [1.82, 2.24) is 14.7 Å². The number of piperazine rings is 1. The zero-order valence-electron chi connectivity index (χ0n) is 18.6. The third-order valence-corrected chi connectivity index (χ3v) is 6.07. The van der Waals surface area contributed by atoms with Gasteiger partial charge in [0.1, 0.15) is 11.6 Å². The van der Waals surface area contributed by atoms with Gasteiger partial charge in [0.05, 0.1) is 23.9 Å². The standard InChI is InChI=1S/C26H23FN4O3/c1-34-19-8-6-7-18(17-19)31-25(32)21-10-3-2-9-20(21)24(28-31)26(33)30-15-13-29(14-16-30)23-12-5-4-11-22(23)27/h2-12,17H,13-16H2,1H3. The van der Waals surface area contributed by atoms with Crippen molar-refractivity contribution < 1.29 is 13.9 Å². The van der Waals surface area contributed by atoms with Crippen LogP contribution in [-0.4, -0.2) is 53.9 Å². The molecule has 1 aromatic heterocycles. The fourth-order valence-electron chi connectivity index (χ4n) is 4.27. The van der Waals surface area contributed by atoms with Crippen LogP contribution in [0.15, 0.2) is 77.6 Å². The van der Waals surface area contributed by atoms with Crippen LogP contribution in [0.1, 0.15) is 10.5 Å². The maximum absolute atomic E-state index is 14.2. The van der Waals surface area contributed by atoms with Gasteiger partial charge in [-0.2, -0.15) is 9.78 Å². The third-order valence-electron chi connectivity index (χ3n) is 6.07. The molecule has 3 aromatic carbocycles. The van der Waals surface area contributed by atoms with Crippen molar-refractivity contribution in [1.29, 1.82) is 0 Å². The number of aromatic nitrogens is 2. The largest absolute Gasteiger partial charge is 0.497 e. The van der Waals surface area contributed by atoms with Crippen molar-refractivity contribution in [2.45, 2.75) is 0 Å². The Kier molecular flexibility index (Phi) is 5.71. The normalized spacial score (nSPS) is 13.8. The first kappa shape index (κ1) is 21.6. The molecule has 5 rings (SSSR count). The highest BCUT2D eigenvalue weighted by Crippen LogP contribution is 2.23. The minimum absolute atomic E-state index is 0.206. The minimum Gasteiger partial charge on any atom is -0.497 e. The average molecular weight is 458 g/mol. The van der Waals surface area contributed by atoms with Gasteiger partial charge in [-0.05, 0) is 30.3 Å². The highest BCUT2D eigenvalue weighted by atomic mass is 19.1. The van der Waals surface area contributed by atoms with E-state index in [4.69, 9.17) is 4.74 Å². The predicted octanol–water partition coefficient (Wildman–Crippen LogP) is 3.50. The summed E-state index contributed by atoms with van der Waals surface area (Å²) in [5.41, 5.74) is 0.931. The van der Waals surface area contributed by atoms with Crippen LogP contribution in [0.3, 0.4) is 0 Å². The highest BCUT2D eigenvalue weighted by Gasteiger charge is 2.27. The van der Waals surface area contributed by atoms with Gasteiger partial charge in [-0.3, -0.25) is 9.59 Å². The Bertz CT molecular complexity index is 1430. The lowest BCUT2D eigenvalue weighted by Gasteiger charge is -2.36. The number of rotatable bonds is 4. The first-order chi connectivity index (χ1) is 16.6. The van der Waals surface area contributed by atoms with Crippen LogP contribution < -0.4 is 15.2 Å². The molecule has 8 heteroatoms. The third kappa shape index (κ3) is 3.87. The second-order valence-corrected chi connectivity index (χ2v) is 8.04.